The SMILES string of the molecule is C/C=C/CCC1CCC(C2CCC(c3ccc(-c4ccc(-c5ccc(CCCCCCCC)c(F)c5F)cc4)c(F)c3F)CC2)CC1. The molecular formula is C43H54F4. The molecule has 0 nitrogen and oxygen atoms in total. The van der Waals surface area contributed by atoms with Crippen molar-refractivity contribution in [2.45, 2.75) is 129 Å². The van der Waals surface area contributed by atoms with E-state index >= 15 is 13.2 Å². The first-order chi connectivity index (χ1) is 22.9. The lowest BCUT2D eigenvalue weighted by Crippen LogP contribution is -2.25. The zero-order valence-corrected chi connectivity index (χ0v) is 28.6. The molecule has 47 heavy (non-hydrogen) atoms. The van der Waals surface area contributed by atoms with Gasteiger partial charge in [0, 0.05) is 11.1 Å². The summed E-state index contributed by atoms with van der Waals surface area (Å²) in [6.45, 7) is 4.26. The molecule has 0 spiro atoms. The number of hydrogen-bond acceptors (Lipinski definition) is 0. The second-order valence-electron chi connectivity index (χ2n) is 14.4. The Hall–Kier alpha value is -2.88. The summed E-state index contributed by atoms with van der Waals surface area (Å²) in [6.07, 6.45) is 23.3. The molecule has 2 saturated carbocycles. The van der Waals surface area contributed by atoms with Crippen LogP contribution >= 0.6 is 0 Å². The predicted octanol–water partition coefficient (Wildman–Crippen LogP) is 13.9. The Morgan fingerprint density at radius 3 is 1.77 bits per heavy atom. The van der Waals surface area contributed by atoms with E-state index in [-0.39, 0.29) is 17.0 Å². The molecular weight excluding hydrogens is 592 g/mol. The van der Waals surface area contributed by atoms with E-state index in [0.29, 0.717) is 34.6 Å². The monoisotopic (exact) mass is 646 g/mol. The van der Waals surface area contributed by atoms with Crippen LogP contribution in [-0.2, 0) is 6.42 Å². The molecule has 0 N–H and O–H groups in total. The van der Waals surface area contributed by atoms with Crippen molar-refractivity contribution in [3.05, 3.63) is 95.1 Å². The van der Waals surface area contributed by atoms with Crippen molar-refractivity contribution in [2.75, 3.05) is 0 Å². The second kappa shape index (κ2) is 17.5. The van der Waals surface area contributed by atoms with Gasteiger partial charge in [0.1, 0.15) is 0 Å². The van der Waals surface area contributed by atoms with Crippen molar-refractivity contribution >= 4 is 0 Å². The first-order valence-corrected chi connectivity index (χ1v) is 18.6. The molecule has 3 aromatic carbocycles. The fourth-order valence-corrected chi connectivity index (χ4v) is 8.38. The van der Waals surface area contributed by atoms with E-state index in [1.165, 1.54) is 57.8 Å². The first kappa shape index (κ1) is 35.4. The van der Waals surface area contributed by atoms with Crippen LogP contribution in [0, 0.1) is 41.0 Å². The minimum absolute atomic E-state index is 0.0521. The molecule has 0 heterocycles. The van der Waals surface area contributed by atoms with Crippen LogP contribution in [0.1, 0.15) is 134 Å². The summed E-state index contributed by atoms with van der Waals surface area (Å²) in [5, 5.41) is 0. The highest BCUT2D eigenvalue weighted by Crippen LogP contribution is 2.45. The molecule has 0 aliphatic heterocycles. The summed E-state index contributed by atoms with van der Waals surface area (Å²) in [7, 11) is 0. The minimum Gasteiger partial charge on any atom is -0.203 e. The second-order valence-corrected chi connectivity index (χ2v) is 14.4. The molecule has 2 aliphatic carbocycles. The van der Waals surface area contributed by atoms with Crippen molar-refractivity contribution in [3.63, 3.8) is 0 Å². The minimum atomic E-state index is -0.856. The van der Waals surface area contributed by atoms with Crippen molar-refractivity contribution in [1.82, 2.24) is 0 Å². The molecule has 0 saturated heterocycles. The predicted molar refractivity (Wildman–Crippen MR) is 188 cm³/mol. The highest BCUT2D eigenvalue weighted by Gasteiger charge is 2.32. The van der Waals surface area contributed by atoms with Gasteiger partial charge in [0.05, 0.1) is 0 Å². The Morgan fingerprint density at radius 1 is 0.596 bits per heavy atom. The third-order valence-electron chi connectivity index (χ3n) is 11.3. The largest absolute Gasteiger partial charge is 0.203 e. The molecule has 5 rings (SSSR count). The van der Waals surface area contributed by atoms with Crippen LogP contribution in [0.3, 0.4) is 0 Å². The number of allylic oxidation sites excluding steroid dienone is 2. The van der Waals surface area contributed by atoms with Gasteiger partial charge in [-0.05, 0) is 117 Å². The molecule has 0 bridgehead atoms. The van der Waals surface area contributed by atoms with Crippen LogP contribution in [0.2, 0.25) is 0 Å². The summed E-state index contributed by atoms with van der Waals surface area (Å²) in [5.41, 5.74) is 2.29. The normalized spacial score (nSPS) is 21.8. The van der Waals surface area contributed by atoms with Gasteiger partial charge in [0.25, 0.3) is 0 Å². The fourth-order valence-electron chi connectivity index (χ4n) is 8.38. The van der Waals surface area contributed by atoms with Crippen molar-refractivity contribution < 1.29 is 17.6 Å². The number of unbranched alkanes of at least 4 members (excludes halogenated alkanes) is 5. The number of aryl methyl sites for hydroxylation is 1. The number of halogens is 4. The van der Waals surface area contributed by atoms with E-state index in [4.69, 9.17) is 0 Å². The lowest BCUT2D eigenvalue weighted by atomic mass is 9.68. The van der Waals surface area contributed by atoms with E-state index in [0.717, 1.165) is 56.8 Å². The maximum absolute atomic E-state index is 15.5. The summed E-state index contributed by atoms with van der Waals surface area (Å²) in [5.74, 6) is -0.809. The molecule has 0 atom stereocenters. The van der Waals surface area contributed by atoms with Gasteiger partial charge in [-0.1, -0.05) is 113 Å². The van der Waals surface area contributed by atoms with Crippen molar-refractivity contribution in [2.24, 2.45) is 17.8 Å². The average Bonchev–Trinajstić information content (AvgIpc) is 3.10. The van der Waals surface area contributed by atoms with Crippen molar-refractivity contribution in [1.29, 1.82) is 0 Å². The van der Waals surface area contributed by atoms with Gasteiger partial charge < -0.3 is 0 Å². The molecule has 0 unspecified atom stereocenters. The first-order valence-electron chi connectivity index (χ1n) is 18.6. The Bertz CT molecular complexity index is 1440. The highest BCUT2D eigenvalue weighted by atomic mass is 19.2. The zero-order valence-electron chi connectivity index (χ0n) is 28.6. The third kappa shape index (κ3) is 8.98. The smallest absolute Gasteiger partial charge is 0.166 e. The van der Waals surface area contributed by atoms with Gasteiger partial charge in [0.2, 0.25) is 0 Å². The van der Waals surface area contributed by atoms with Crippen LogP contribution in [0.25, 0.3) is 22.3 Å². The van der Waals surface area contributed by atoms with E-state index < -0.39 is 23.3 Å². The van der Waals surface area contributed by atoms with Gasteiger partial charge >= 0.3 is 0 Å². The van der Waals surface area contributed by atoms with Crippen LogP contribution in [0.15, 0.2) is 60.7 Å². The number of hydrogen-bond donors (Lipinski definition) is 0. The summed E-state index contributed by atoms with van der Waals surface area (Å²) in [6, 6.07) is 13.4. The molecule has 4 heteroatoms. The molecule has 0 amide bonds. The zero-order chi connectivity index (χ0) is 33.2. The molecule has 2 fully saturated rings. The summed E-state index contributed by atoms with van der Waals surface area (Å²) < 4.78 is 61.0. The topological polar surface area (TPSA) is 0 Å². The Labute approximate surface area is 281 Å². The quantitative estimate of drug-likeness (QED) is 0.0929. The van der Waals surface area contributed by atoms with Gasteiger partial charge in [0.15, 0.2) is 23.3 Å². The van der Waals surface area contributed by atoms with E-state index in [1.807, 2.05) is 0 Å². The van der Waals surface area contributed by atoms with Gasteiger partial charge in [-0.25, -0.2) is 17.6 Å². The van der Waals surface area contributed by atoms with Gasteiger partial charge in [-0.15, -0.1) is 0 Å². The Kier molecular flexibility index (Phi) is 13.2. The van der Waals surface area contributed by atoms with Gasteiger partial charge in [-0.2, -0.15) is 0 Å². The summed E-state index contributed by atoms with van der Waals surface area (Å²) >= 11 is 0. The van der Waals surface area contributed by atoms with E-state index in [1.54, 1.807) is 48.5 Å². The number of benzene rings is 3. The van der Waals surface area contributed by atoms with E-state index in [9.17, 15) is 4.39 Å². The van der Waals surface area contributed by atoms with Crippen molar-refractivity contribution in [3.8, 4) is 22.3 Å². The third-order valence-corrected chi connectivity index (χ3v) is 11.3. The maximum Gasteiger partial charge on any atom is 0.166 e. The Morgan fingerprint density at radius 2 is 1.15 bits per heavy atom. The lowest BCUT2D eigenvalue weighted by Gasteiger charge is -2.38. The molecule has 2 aliphatic rings. The number of rotatable bonds is 14. The van der Waals surface area contributed by atoms with Crippen LogP contribution in [-0.4, -0.2) is 0 Å². The van der Waals surface area contributed by atoms with Gasteiger partial charge in [-0.3, -0.25) is 0 Å². The lowest BCUT2D eigenvalue weighted by molar-refractivity contribution is 0.156. The maximum atomic E-state index is 15.5. The van der Waals surface area contributed by atoms with E-state index in [2.05, 4.69) is 26.0 Å². The Balaban J connectivity index is 1.17. The average molecular weight is 647 g/mol. The molecule has 0 radical (unpaired) electrons. The summed E-state index contributed by atoms with van der Waals surface area (Å²) in [4.78, 5) is 0. The molecule has 0 aromatic heterocycles. The standard InChI is InChI=1S/C43H54F4/c1-3-5-7-8-9-11-13-36-26-27-37(41(45)40(36)44)34-22-24-35(25-23-34)39-29-28-38(42(46)43(39)47)33-20-18-32(19-21-33)31-16-14-30(15-17-31)12-10-6-4-2/h4,6,22-33H,3,5,7-21H2,1-2H3/b6-4+. The highest BCUT2D eigenvalue weighted by molar-refractivity contribution is 5.71. The van der Waals surface area contributed by atoms with Crippen LogP contribution < -0.4 is 0 Å². The van der Waals surface area contributed by atoms with Crippen LogP contribution in [0.5, 0.6) is 0 Å². The molecule has 254 valence electrons. The van der Waals surface area contributed by atoms with Crippen LogP contribution in [0.4, 0.5) is 17.6 Å². The fraction of sp³-hybridized carbons (Fsp3) is 0.535. The molecule has 3 aromatic rings.